The van der Waals surface area contributed by atoms with Crippen LogP contribution in [0.1, 0.15) is 45.1 Å². The Labute approximate surface area is 182 Å². The van der Waals surface area contributed by atoms with Crippen molar-refractivity contribution in [2.45, 2.75) is 58.2 Å². The van der Waals surface area contributed by atoms with E-state index in [1.807, 2.05) is 30.3 Å². The zero-order valence-corrected chi connectivity index (χ0v) is 18.1. The molecule has 1 fully saturated rings. The number of carbonyl (C=O) groups is 1. The molecule has 1 saturated heterocycles. The molecule has 0 saturated carbocycles. The van der Waals surface area contributed by atoms with Crippen LogP contribution >= 0.6 is 0 Å². The summed E-state index contributed by atoms with van der Waals surface area (Å²) in [7, 11) is 0. The van der Waals surface area contributed by atoms with Crippen molar-refractivity contribution < 1.29 is 18.0 Å². The number of nitrogens with zero attached hydrogens (tertiary/aromatic N) is 2. The molecule has 0 radical (unpaired) electrons. The predicted molar refractivity (Wildman–Crippen MR) is 116 cm³/mol. The van der Waals surface area contributed by atoms with Crippen LogP contribution in [0.5, 0.6) is 0 Å². The summed E-state index contributed by atoms with van der Waals surface area (Å²) in [5.41, 5.74) is 0.304. The number of benzene rings is 2. The largest absolute Gasteiger partial charge is 0.322 e. The van der Waals surface area contributed by atoms with Gasteiger partial charge in [0.2, 0.25) is 0 Å². The zero-order chi connectivity index (χ0) is 22.4. The first-order valence-corrected chi connectivity index (χ1v) is 10.9. The van der Waals surface area contributed by atoms with Crippen LogP contribution in [-0.2, 0) is 6.54 Å². The fourth-order valence-corrected chi connectivity index (χ4v) is 4.23. The summed E-state index contributed by atoms with van der Waals surface area (Å²) in [6.45, 7) is 6.45. The number of likely N-dealkylation sites (tertiary alicyclic amines) is 1. The van der Waals surface area contributed by atoms with Gasteiger partial charge in [-0.05, 0) is 31.7 Å². The van der Waals surface area contributed by atoms with Gasteiger partial charge >= 0.3 is 6.03 Å². The van der Waals surface area contributed by atoms with E-state index < -0.39 is 29.2 Å². The van der Waals surface area contributed by atoms with Crippen molar-refractivity contribution in [3.63, 3.8) is 0 Å². The summed E-state index contributed by atoms with van der Waals surface area (Å²) >= 11 is 0. The van der Waals surface area contributed by atoms with Gasteiger partial charge in [0.05, 0.1) is 0 Å². The third-order valence-electron chi connectivity index (χ3n) is 5.97. The number of piperidine rings is 1. The number of carbonyl (C=O) groups excluding carboxylic acids is 1. The number of rotatable bonds is 7. The summed E-state index contributed by atoms with van der Waals surface area (Å²) in [5.74, 6) is -3.29. The van der Waals surface area contributed by atoms with Crippen molar-refractivity contribution in [3.05, 3.63) is 65.5 Å². The summed E-state index contributed by atoms with van der Waals surface area (Å²) < 4.78 is 41.4. The van der Waals surface area contributed by atoms with Gasteiger partial charge in [-0.15, -0.1) is 0 Å². The van der Waals surface area contributed by atoms with Crippen molar-refractivity contribution in [1.82, 2.24) is 9.80 Å². The highest BCUT2D eigenvalue weighted by molar-refractivity contribution is 5.89. The molecule has 1 aliphatic heterocycles. The van der Waals surface area contributed by atoms with Crippen molar-refractivity contribution in [3.8, 4) is 0 Å². The molecule has 1 unspecified atom stereocenters. The van der Waals surface area contributed by atoms with Crippen LogP contribution < -0.4 is 5.32 Å². The molecule has 4 nitrogen and oxygen atoms in total. The van der Waals surface area contributed by atoms with Crippen molar-refractivity contribution in [2.75, 3.05) is 18.4 Å². The second-order valence-electron chi connectivity index (χ2n) is 8.19. The Morgan fingerprint density at radius 1 is 1.13 bits per heavy atom. The van der Waals surface area contributed by atoms with E-state index in [1.165, 1.54) is 0 Å². The summed E-state index contributed by atoms with van der Waals surface area (Å²) in [5, 5.41) is 2.33. The second kappa shape index (κ2) is 10.7. The lowest BCUT2D eigenvalue weighted by Gasteiger charge is -2.40. The van der Waals surface area contributed by atoms with Gasteiger partial charge in [0, 0.05) is 43.9 Å². The van der Waals surface area contributed by atoms with E-state index in [0.717, 1.165) is 44.3 Å². The first kappa shape index (κ1) is 23.1. The monoisotopic (exact) mass is 433 g/mol. The molecule has 0 spiro atoms. The smallest absolute Gasteiger partial charge is 0.317 e. The Bertz CT molecular complexity index is 847. The van der Waals surface area contributed by atoms with E-state index >= 15 is 0 Å². The van der Waals surface area contributed by atoms with Crippen LogP contribution in [0.4, 0.5) is 23.7 Å². The maximum Gasteiger partial charge on any atom is 0.322 e. The Morgan fingerprint density at radius 2 is 1.74 bits per heavy atom. The van der Waals surface area contributed by atoms with Gasteiger partial charge in [-0.1, -0.05) is 43.7 Å². The zero-order valence-electron chi connectivity index (χ0n) is 18.1. The Morgan fingerprint density at radius 3 is 2.32 bits per heavy atom. The number of halogens is 3. The van der Waals surface area contributed by atoms with Crippen LogP contribution in [-0.4, -0.2) is 41.0 Å². The lowest BCUT2D eigenvalue weighted by atomic mass is 10.00. The Hall–Kier alpha value is -2.54. The molecule has 2 amide bonds. The van der Waals surface area contributed by atoms with E-state index in [9.17, 15) is 18.0 Å². The number of hydrogen-bond donors (Lipinski definition) is 1. The number of anilines is 1. The molecule has 3 rings (SSSR count). The number of hydrogen-bond acceptors (Lipinski definition) is 2. The van der Waals surface area contributed by atoms with Gasteiger partial charge in [0.25, 0.3) is 0 Å². The minimum absolute atomic E-state index is 0.0585. The molecule has 1 heterocycles. The number of amides is 2. The Kier molecular flexibility index (Phi) is 7.96. The van der Waals surface area contributed by atoms with Gasteiger partial charge in [0.15, 0.2) is 11.6 Å². The maximum atomic E-state index is 14.1. The first-order chi connectivity index (χ1) is 14.9. The van der Waals surface area contributed by atoms with E-state index in [-0.39, 0.29) is 6.04 Å². The molecule has 31 heavy (non-hydrogen) atoms. The van der Waals surface area contributed by atoms with E-state index in [0.29, 0.717) is 24.7 Å². The van der Waals surface area contributed by atoms with Crippen LogP contribution in [0.3, 0.4) is 0 Å². The highest BCUT2D eigenvalue weighted by Crippen LogP contribution is 2.25. The average Bonchev–Trinajstić information content (AvgIpc) is 2.75. The van der Waals surface area contributed by atoms with E-state index in [1.54, 1.807) is 4.90 Å². The number of urea groups is 1. The van der Waals surface area contributed by atoms with Crippen LogP contribution in [0.2, 0.25) is 0 Å². The highest BCUT2D eigenvalue weighted by Gasteiger charge is 2.30. The van der Waals surface area contributed by atoms with Gasteiger partial charge in [-0.2, -0.15) is 0 Å². The molecule has 2 aromatic carbocycles. The van der Waals surface area contributed by atoms with E-state index in [2.05, 4.69) is 24.1 Å². The Balaban J connectivity index is 1.76. The molecule has 0 aliphatic carbocycles. The summed E-state index contributed by atoms with van der Waals surface area (Å²) in [6, 6.07) is 10.5. The second-order valence-corrected chi connectivity index (χ2v) is 8.19. The number of nitrogens with one attached hydrogen (secondary N) is 1. The fraction of sp³-hybridized carbons (Fsp3) is 0.458. The summed E-state index contributed by atoms with van der Waals surface area (Å²) in [6.07, 6.45) is 3.81. The standard InChI is InChI=1S/C24H30F3N3O/c1-3-7-17(2)29-12-10-20(11-13-29)30(16-18-8-5-4-6-9-18)24(31)28-23-21(26)14-19(25)15-22(23)27/h4-6,8-9,14-15,17,20H,3,7,10-13,16H2,1-2H3,(H,28,31). The van der Waals surface area contributed by atoms with Crippen LogP contribution in [0, 0.1) is 17.5 Å². The molecule has 1 N–H and O–H groups in total. The SMILES string of the molecule is CCCC(C)N1CCC(N(Cc2ccccc2)C(=O)Nc2c(F)cc(F)cc2F)CC1. The molecule has 0 bridgehead atoms. The molecular formula is C24H30F3N3O. The average molecular weight is 434 g/mol. The van der Waals surface area contributed by atoms with Crippen LogP contribution in [0.15, 0.2) is 42.5 Å². The van der Waals surface area contributed by atoms with Gasteiger partial charge in [-0.3, -0.25) is 0 Å². The molecule has 168 valence electrons. The van der Waals surface area contributed by atoms with Crippen molar-refractivity contribution in [1.29, 1.82) is 0 Å². The third-order valence-corrected chi connectivity index (χ3v) is 5.97. The van der Waals surface area contributed by atoms with Gasteiger partial charge in [-0.25, -0.2) is 18.0 Å². The molecule has 7 heteroatoms. The normalized spacial score (nSPS) is 16.2. The molecule has 2 aromatic rings. The molecule has 0 aromatic heterocycles. The predicted octanol–water partition coefficient (Wildman–Crippen LogP) is 5.79. The van der Waals surface area contributed by atoms with Crippen molar-refractivity contribution >= 4 is 11.7 Å². The molecule has 1 atom stereocenters. The first-order valence-electron chi connectivity index (χ1n) is 10.9. The van der Waals surface area contributed by atoms with Gasteiger partial charge in [0.1, 0.15) is 11.5 Å². The lowest BCUT2D eigenvalue weighted by molar-refractivity contribution is 0.0988. The molecule has 1 aliphatic rings. The van der Waals surface area contributed by atoms with Gasteiger partial charge < -0.3 is 15.1 Å². The minimum atomic E-state index is -1.13. The quantitative estimate of drug-likeness (QED) is 0.600. The van der Waals surface area contributed by atoms with Crippen LogP contribution in [0.25, 0.3) is 0 Å². The lowest BCUT2D eigenvalue weighted by Crippen LogP contribution is -2.50. The fourth-order valence-electron chi connectivity index (χ4n) is 4.23. The topological polar surface area (TPSA) is 35.6 Å². The van der Waals surface area contributed by atoms with Crippen molar-refractivity contribution in [2.24, 2.45) is 0 Å². The molecular weight excluding hydrogens is 403 g/mol. The maximum absolute atomic E-state index is 14.1. The third kappa shape index (κ3) is 6.00. The summed E-state index contributed by atoms with van der Waals surface area (Å²) in [4.78, 5) is 17.2. The highest BCUT2D eigenvalue weighted by atomic mass is 19.1. The minimum Gasteiger partial charge on any atom is -0.317 e. The van der Waals surface area contributed by atoms with E-state index in [4.69, 9.17) is 0 Å².